The minimum atomic E-state index is 0.00105. The Morgan fingerprint density at radius 1 is 0.549 bits per heavy atom. The third-order valence-electron chi connectivity index (χ3n) is 9.27. The van der Waals surface area contributed by atoms with E-state index in [4.69, 9.17) is 9.47 Å². The summed E-state index contributed by atoms with van der Waals surface area (Å²) in [7, 11) is 0. The van der Waals surface area contributed by atoms with Crippen LogP contribution in [0.2, 0.25) is 0 Å². The number of rotatable bonds is 16. The molecule has 0 aliphatic heterocycles. The molecule has 0 fully saturated rings. The summed E-state index contributed by atoms with van der Waals surface area (Å²) in [5.41, 5.74) is 7.83. The fraction of sp³-hybridized carbons (Fsp3) is 0.191. The van der Waals surface area contributed by atoms with Gasteiger partial charge in [-0.1, -0.05) is 147 Å². The number of benzene rings is 6. The summed E-state index contributed by atoms with van der Waals surface area (Å²) in [5.74, 6) is 1.86. The van der Waals surface area contributed by atoms with Gasteiger partial charge in [-0.2, -0.15) is 0 Å². The Balaban J connectivity index is 1.24. The number of unbranched alkanes of at least 4 members (excludes halogenated alkanes) is 2. The minimum absolute atomic E-state index is 0.00105. The Morgan fingerprint density at radius 3 is 1.65 bits per heavy atom. The van der Waals surface area contributed by atoms with Gasteiger partial charge in [-0.05, 0) is 54.2 Å². The van der Waals surface area contributed by atoms with Crippen molar-refractivity contribution in [2.45, 2.75) is 39.0 Å². The average Bonchev–Trinajstić information content (AvgIpc) is 3.17. The first-order chi connectivity index (χ1) is 25.1. The molecule has 0 bridgehead atoms. The molecule has 1 atom stereocenters. The number of aromatic hydroxyl groups is 2. The molecule has 6 aromatic carbocycles. The van der Waals surface area contributed by atoms with Gasteiger partial charge in [0.1, 0.15) is 23.0 Å². The Labute approximate surface area is 302 Å². The third-order valence-corrected chi connectivity index (χ3v) is 9.27. The molecule has 0 radical (unpaired) electrons. The zero-order valence-corrected chi connectivity index (χ0v) is 29.3. The molecule has 4 heteroatoms. The molecular weight excluding hydrogens is 629 g/mol. The first-order valence-electron chi connectivity index (χ1n) is 17.9. The van der Waals surface area contributed by atoms with Crippen molar-refractivity contribution in [2.24, 2.45) is 5.92 Å². The maximum atomic E-state index is 11.6. The predicted octanol–water partition coefficient (Wildman–Crippen LogP) is 12.1. The molecule has 0 heterocycles. The highest BCUT2D eigenvalue weighted by molar-refractivity contribution is 5.85. The molecule has 0 spiro atoms. The van der Waals surface area contributed by atoms with Crippen molar-refractivity contribution >= 4 is 0 Å². The van der Waals surface area contributed by atoms with Crippen molar-refractivity contribution in [3.63, 3.8) is 0 Å². The number of allylic oxidation sites excluding steroid dienone is 1. The largest absolute Gasteiger partial charge is 0.507 e. The van der Waals surface area contributed by atoms with Crippen molar-refractivity contribution < 1.29 is 19.7 Å². The lowest BCUT2D eigenvalue weighted by Gasteiger charge is -2.21. The van der Waals surface area contributed by atoms with Crippen LogP contribution in [0.25, 0.3) is 44.5 Å². The summed E-state index contributed by atoms with van der Waals surface area (Å²) in [6, 6.07) is 45.7. The Bertz CT molecular complexity index is 2030. The molecular formula is C47H46O4. The first-order valence-corrected chi connectivity index (χ1v) is 17.9. The highest BCUT2D eigenvalue weighted by Gasteiger charge is 2.19. The van der Waals surface area contributed by atoms with Gasteiger partial charge < -0.3 is 19.7 Å². The lowest BCUT2D eigenvalue weighted by Crippen LogP contribution is -2.20. The maximum absolute atomic E-state index is 11.6. The number of phenolic OH excluding ortho intramolecular Hbond substituents is 2. The molecule has 0 saturated carbocycles. The summed E-state index contributed by atoms with van der Waals surface area (Å²) in [4.78, 5) is 0. The molecule has 0 amide bonds. The number of ether oxygens (including phenoxy) is 2. The average molecular weight is 675 g/mol. The van der Waals surface area contributed by atoms with Gasteiger partial charge in [-0.25, -0.2) is 0 Å². The number of phenols is 2. The topological polar surface area (TPSA) is 58.9 Å². The van der Waals surface area contributed by atoms with Gasteiger partial charge in [0.05, 0.1) is 13.2 Å². The van der Waals surface area contributed by atoms with Crippen molar-refractivity contribution in [3.8, 4) is 67.5 Å². The third kappa shape index (κ3) is 8.53. The van der Waals surface area contributed by atoms with Crippen LogP contribution in [-0.2, 0) is 6.42 Å². The lowest BCUT2D eigenvalue weighted by atomic mass is 9.94. The van der Waals surface area contributed by atoms with E-state index in [1.165, 1.54) is 12.0 Å². The standard InChI is InChI=1S/C47H46O4/c1-3-5-8-18-34-29-30-45(43(31-34)42-27-16-25-39(47(42)49)37-21-11-7-12-22-37)51-33-35(17-4-2)32-50-44-28-14-13-23-40(44)41-26-15-24-38(46(41)48)36-19-9-6-10-20-36/h4,6-7,9-16,19-31,35,48-49H,2-3,5,8,17-18,32-33H2,1H3. The molecule has 2 N–H and O–H groups in total. The van der Waals surface area contributed by atoms with E-state index in [0.717, 1.165) is 58.2 Å². The van der Waals surface area contributed by atoms with Crippen molar-refractivity contribution in [1.29, 1.82) is 0 Å². The zero-order chi connectivity index (χ0) is 35.4. The Hall–Kier alpha value is -5.74. The van der Waals surface area contributed by atoms with E-state index >= 15 is 0 Å². The molecule has 51 heavy (non-hydrogen) atoms. The number of aryl methyl sites for hydroxylation is 1. The second-order valence-electron chi connectivity index (χ2n) is 12.9. The van der Waals surface area contributed by atoms with Crippen LogP contribution >= 0.6 is 0 Å². The quantitative estimate of drug-likeness (QED) is 0.0792. The van der Waals surface area contributed by atoms with Crippen LogP contribution in [0.3, 0.4) is 0 Å². The fourth-order valence-electron chi connectivity index (χ4n) is 6.52. The normalized spacial score (nSPS) is 11.5. The maximum Gasteiger partial charge on any atom is 0.131 e. The molecule has 0 aromatic heterocycles. The number of hydrogen-bond acceptors (Lipinski definition) is 4. The molecule has 6 rings (SSSR count). The predicted molar refractivity (Wildman–Crippen MR) is 210 cm³/mol. The van der Waals surface area contributed by atoms with Crippen LogP contribution in [0.5, 0.6) is 23.0 Å². The van der Waals surface area contributed by atoms with E-state index in [9.17, 15) is 10.2 Å². The van der Waals surface area contributed by atoms with Crippen molar-refractivity contribution in [3.05, 3.63) is 158 Å². The highest BCUT2D eigenvalue weighted by Crippen LogP contribution is 2.43. The summed E-state index contributed by atoms with van der Waals surface area (Å²) in [5, 5.41) is 23.0. The van der Waals surface area contributed by atoms with E-state index in [1.54, 1.807) is 0 Å². The lowest BCUT2D eigenvalue weighted by molar-refractivity contribution is 0.179. The van der Waals surface area contributed by atoms with Crippen LogP contribution in [0.1, 0.15) is 38.2 Å². The van der Waals surface area contributed by atoms with Crippen molar-refractivity contribution in [2.75, 3.05) is 13.2 Å². The van der Waals surface area contributed by atoms with Gasteiger partial charge in [0, 0.05) is 39.3 Å². The number of para-hydroxylation sites is 3. The van der Waals surface area contributed by atoms with Gasteiger partial charge in [0.25, 0.3) is 0 Å². The molecule has 0 aliphatic carbocycles. The van der Waals surface area contributed by atoms with Crippen molar-refractivity contribution in [1.82, 2.24) is 0 Å². The van der Waals surface area contributed by atoms with Crippen LogP contribution in [0.4, 0.5) is 0 Å². The zero-order valence-electron chi connectivity index (χ0n) is 29.3. The van der Waals surface area contributed by atoms with Crippen LogP contribution in [0, 0.1) is 5.92 Å². The smallest absolute Gasteiger partial charge is 0.131 e. The molecule has 0 saturated heterocycles. The van der Waals surface area contributed by atoms with Gasteiger partial charge >= 0.3 is 0 Å². The van der Waals surface area contributed by atoms with Gasteiger partial charge in [0.15, 0.2) is 0 Å². The van der Waals surface area contributed by atoms with E-state index in [0.29, 0.717) is 36.7 Å². The summed E-state index contributed by atoms with van der Waals surface area (Å²) >= 11 is 0. The van der Waals surface area contributed by atoms with E-state index in [2.05, 4.69) is 25.6 Å². The second-order valence-corrected chi connectivity index (χ2v) is 12.9. The summed E-state index contributed by atoms with van der Waals surface area (Å²) in [6.45, 7) is 7.01. The number of hydrogen-bond donors (Lipinski definition) is 2. The molecule has 6 aromatic rings. The van der Waals surface area contributed by atoms with E-state index < -0.39 is 0 Å². The van der Waals surface area contributed by atoms with Gasteiger partial charge in [0.2, 0.25) is 0 Å². The Kier molecular flexibility index (Phi) is 11.9. The van der Waals surface area contributed by atoms with E-state index in [-0.39, 0.29) is 17.4 Å². The molecule has 1 unspecified atom stereocenters. The van der Waals surface area contributed by atoms with Gasteiger partial charge in [-0.3, -0.25) is 0 Å². The fourth-order valence-corrected chi connectivity index (χ4v) is 6.52. The molecule has 0 aliphatic rings. The van der Waals surface area contributed by atoms with Crippen LogP contribution in [-0.4, -0.2) is 23.4 Å². The highest BCUT2D eigenvalue weighted by atomic mass is 16.5. The molecule has 258 valence electrons. The summed E-state index contributed by atoms with van der Waals surface area (Å²) < 4.78 is 13.1. The van der Waals surface area contributed by atoms with Crippen LogP contribution < -0.4 is 9.47 Å². The SMILES string of the molecule is C=CCC(COc1ccccc1-c1cccc(-c2ccccc2)c1O)COc1ccc(CCCCC)cc1-c1cccc(-c2ccccc2)c1O. The Morgan fingerprint density at radius 2 is 1.06 bits per heavy atom. The molecule has 4 nitrogen and oxygen atoms in total. The van der Waals surface area contributed by atoms with E-state index in [1.807, 2.05) is 133 Å². The van der Waals surface area contributed by atoms with Crippen LogP contribution in [0.15, 0.2) is 152 Å². The minimum Gasteiger partial charge on any atom is -0.507 e. The second kappa shape index (κ2) is 17.3. The van der Waals surface area contributed by atoms with Gasteiger partial charge in [-0.15, -0.1) is 6.58 Å². The summed E-state index contributed by atoms with van der Waals surface area (Å²) in [6.07, 6.45) is 7.00. The first kappa shape index (κ1) is 35.1. The monoisotopic (exact) mass is 674 g/mol.